The Morgan fingerprint density at radius 3 is 3.00 bits per heavy atom. The van der Waals surface area contributed by atoms with Gasteiger partial charge in [-0.3, -0.25) is 9.97 Å². The maximum atomic E-state index is 13.6. The molecule has 1 aliphatic heterocycles. The molecule has 1 aliphatic rings. The topological polar surface area (TPSA) is 38.2 Å². The third-order valence-corrected chi connectivity index (χ3v) is 4.33. The van der Waals surface area contributed by atoms with Gasteiger partial charge in [-0.15, -0.1) is 0 Å². The first kappa shape index (κ1) is 16.0. The van der Waals surface area contributed by atoms with Crippen LogP contribution in [0.15, 0.2) is 36.7 Å². The third kappa shape index (κ3) is 3.92. The van der Waals surface area contributed by atoms with Gasteiger partial charge in [-0.2, -0.15) is 0 Å². The SMILES string of the molecule is COCCN1CCC[C@@H](c2nccnc2-c2cccc(F)c2)C1. The Morgan fingerprint density at radius 2 is 2.17 bits per heavy atom. The number of piperidine rings is 1. The first-order valence-electron chi connectivity index (χ1n) is 8.06. The van der Waals surface area contributed by atoms with Crippen molar-refractivity contribution >= 4 is 0 Å². The van der Waals surface area contributed by atoms with Crippen LogP contribution in [0.2, 0.25) is 0 Å². The van der Waals surface area contributed by atoms with Gasteiger partial charge < -0.3 is 9.64 Å². The van der Waals surface area contributed by atoms with Gasteiger partial charge in [-0.1, -0.05) is 12.1 Å². The molecule has 2 heterocycles. The maximum absolute atomic E-state index is 13.6. The molecule has 0 bridgehead atoms. The number of hydrogen-bond donors (Lipinski definition) is 0. The molecule has 1 fully saturated rings. The zero-order valence-corrected chi connectivity index (χ0v) is 13.4. The lowest BCUT2D eigenvalue weighted by molar-refractivity contribution is 0.127. The highest BCUT2D eigenvalue weighted by Crippen LogP contribution is 2.31. The fraction of sp³-hybridized carbons (Fsp3) is 0.444. The summed E-state index contributed by atoms with van der Waals surface area (Å²) in [6.45, 7) is 3.71. The minimum atomic E-state index is -0.246. The Labute approximate surface area is 136 Å². The minimum Gasteiger partial charge on any atom is -0.383 e. The van der Waals surface area contributed by atoms with E-state index in [0.29, 0.717) is 5.92 Å². The first-order chi connectivity index (χ1) is 11.3. The highest BCUT2D eigenvalue weighted by atomic mass is 19.1. The highest BCUT2D eigenvalue weighted by Gasteiger charge is 2.25. The van der Waals surface area contributed by atoms with Gasteiger partial charge in [0.05, 0.1) is 18.0 Å². The molecule has 0 saturated carbocycles. The molecule has 1 aromatic heterocycles. The zero-order valence-electron chi connectivity index (χ0n) is 13.4. The van der Waals surface area contributed by atoms with Crippen molar-refractivity contribution in [2.45, 2.75) is 18.8 Å². The van der Waals surface area contributed by atoms with Gasteiger partial charge in [0.2, 0.25) is 0 Å². The van der Waals surface area contributed by atoms with E-state index in [2.05, 4.69) is 14.9 Å². The first-order valence-corrected chi connectivity index (χ1v) is 8.06. The average Bonchev–Trinajstić information content (AvgIpc) is 2.60. The van der Waals surface area contributed by atoms with Crippen LogP contribution in [0.25, 0.3) is 11.3 Å². The van der Waals surface area contributed by atoms with Crippen molar-refractivity contribution in [3.63, 3.8) is 0 Å². The number of nitrogens with zero attached hydrogens (tertiary/aromatic N) is 3. The monoisotopic (exact) mass is 315 g/mol. The van der Waals surface area contributed by atoms with Gasteiger partial charge in [-0.25, -0.2) is 4.39 Å². The van der Waals surface area contributed by atoms with E-state index in [4.69, 9.17) is 4.74 Å². The largest absolute Gasteiger partial charge is 0.383 e. The second-order valence-corrected chi connectivity index (χ2v) is 5.93. The van der Waals surface area contributed by atoms with E-state index in [0.717, 1.165) is 56.0 Å². The van der Waals surface area contributed by atoms with Gasteiger partial charge in [-0.05, 0) is 31.5 Å². The van der Waals surface area contributed by atoms with E-state index in [9.17, 15) is 4.39 Å². The number of likely N-dealkylation sites (tertiary alicyclic amines) is 1. The van der Waals surface area contributed by atoms with Crippen molar-refractivity contribution in [2.75, 3.05) is 33.4 Å². The summed E-state index contributed by atoms with van der Waals surface area (Å²) >= 11 is 0. The minimum absolute atomic E-state index is 0.246. The van der Waals surface area contributed by atoms with Crippen molar-refractivity contribution in [3.8, 4) is 11.3 Å². The molecule has 1 aromatic carbocycles. The zero-order chi connectivity index (χ0) is 16.1. The van der Waals surface area contributed by atoms with E-state index < -0.39 is 0 Å². The Bertz CT molecular complexity index is 650. The fourth-order valence-electron chi connectivity index (χ4n) is 3.21. The normalized spacial score (nSPS) is 19.0. The summed E-state index contributed by atoms with van der Waals surface area (Å²) in [5.41, 5.74) is 2.56. The maximum Gasteiger partial charge on any atom is 0.123 e. The van der Waals surface area contributed by atoms with Crippen molar-refractivity contribution in [1.82, 2.24) is 14.9 Å². The molecule has 1 atom stereocenters. The van der Waals surface area contributed by atoms with Crippen LogP contribution in [0.3, 0.4) is 0 Å². The molecule has 1 saturated heterocycles. The number of rotatable bonds is 5. The van der Waals surface area contributed by atoms with Crippen LogP contribution in [0, 0.1) is 5.82 Å². The lowest BCUT2D eigenvalue weighted by atomic mass is 9.91. The predicted molar refractivity (Wildman–Crippen MR) is 87.7 cm³/mol. The van der Waals surface area contributed by atoms with Crippen LogP contribution in [0.4, 0.5) is 4.39 Å². The lowest BCUT2D eigenvalue weighted by Gasteiger charge is -2.32. The Kier molecular flexibility index (Phi) is 5.31. The smallest absolute Gasteiger partial charge is 0.123 e. The number of hydrogen-bond acceptors (Lipinski definition) is 4. The average molecular weight is 315 g/mol. The van der Waals surface area contributed by atoms with Crippen LogP contribution < -0.4 is 0 Å². The van der Waals surface area contributed by atoms with E-state index in [1.54, 1.807) is 25.6 Å². The highest BCUT2D eigenvalue weighted by molar-refractivity contribution is 5.62. The number of aromatic nitrogens is 2. The quantitative estimate of drug-likeness (QED) is 0.850. The molecule has 3 rings (SSSR count). The number of halogens is 1. The second-order valence-electron chi connectivity index (χ2n) is 5.93. The summed E-state index contributed by atoms with van der Waals surface area (Å²) in [6.07, 6.45) is 5.62. The summed E-state index contributed by atoms with van der Waals surface area (Å²) in [6, 6.07) is 6.59. The van der Waals surface area contributed by atoms with Gasteiger partial charge in [0.25, 0.3) is 0 Å². The Hall–Kier alpha value is -1.85. The van der Waals surface area contributed by atoms with Crippen LogP contribution in [-0.4, -0.2) is 48.2 Å². The van der Waals surface area contributed by atoms with Crippen molar-refractivity contribution < 1.29 is 9.13 Å². The Morgan fingerprint density at radius 1 is 1.30 bits per heavy atom. The summed E-state index contributed by atoms with van der Waals surface area (Å²) in [4.78, 5) is 11.5. The molecule has 0 spiro atoms. The van der Waals surface area contributed by atoms with Crippen molar-refractivity contribution in [1.29, 1.82) is 0 Å². The summed E-state index contributed by atoms with van der Waals surface area (Å²) in [5.74, 6) is 0.0806. The van der Waals surface area contributed by atoms with E-state index in [-0.39, 0.29) is 5.82 Å². The van der Waals surface area contributed by atoms with Gasteiger partial charge >= 0.3 is 0 Å². The molecule has 0 radical (unpaired) electrons. The van der Waals surface area contributed by atoms with Crippen molar-refractivity contribution in [2.24, 2.45) is 0 Å². The molecule has 122 valence electrons. The fourth-order valence-corrected chi connectivity index (χ4v) is 3.21. The predicted octanol–water partition coefficient (Wildman–Crippen LogP) is 3.11. The third-order valence-electron chi connectivity index (χ3n) is 4.33. The van der Waals surface area contributed by atoms with Gasteiger partial charge in [0, 0.05) is 44.1 Å². The van der Waals surface area contributed by atoms with Crippen LogP contribution >= 0.6 is 0 Å². The molecular formula is C18H22FN3O. The van der Waals surface area contributed by atoms with Gasteiger partial charge in [0.1, 0.15) is 5.82 Å². The molecule has 0 amide bonds. The molecular weight excluding hydrogens is 293 g/mol. The van der Waals surface area contributed by atoms with Crippen LogP contribution in [0.1, 0.15) is 24.5 Å². The molecule has 4 nitrogen and oxygen atoms in total. The molecule has 0 N–H and O–H groups in total. The standard InChI is InChI=1S/C18H22FN3O/c1-23-11-10-22-9-3-5-15(13-22)18-17(20-7-8-21-18)14-4-2-6-16(19)12-14/h2,4,6-8,12,15H,3,5,9-11,13H2,1H3/t15-/m1/s1. The Balaban J connectivity index is 1.85. The van der Waals surface area contributed by atoms with Crippen molar-refractivity contribution in [3.05, 3.63) is 48.2 Å². The van der Waals surface area contributed by atoms with E-state index >= 15 is 0 Å². The molecule has 0 aliphatic carbocycles. The molecule has 2 aromatic rings. The van der Waals surface area contributed by atoms with E-state index in [1.807, 2.05) is 6.07 Å². The number of benzene rings is 1. The van der Waals surface area contributed by atoms with E-state index in [1.165, 1.54) is 12.1 Å². The number of methoxy groups -OCH3 is 1. The molecule has 0 unspecified atom stereocenters. The van der Waals surface area contributed by atoms with Gasteiger partial charge in [0.15, 0.2) is 0 Å². The second kappa shape index (κ2) is 7.62. The summed E-state index contributed by atoms with van der Waals surface area (Å²) < 4.78 is 18.7. The lowest BCUT2D eigenvalue weighted by Crippen LogP contribution is -2.37. The summed E-state index contributed by atoms with van der Waals surface area (Å²) in [5, 5.41) is 0. The van der Waals surface area contributed by atoms with Crippen LogP contribution in [-0.2, 0) is 4.74 Å². The van der Waals surface area contributed by atoms with Crippen LogP contribution in [0.5, 0.6) is 0 Å². The molecule has 5 heteroatoms. The molecule has 23 heavy (non-hydrogen) atoms. The summed E-state index contributed by atoms with van der Waals surface area (Å²) in [7, 11) is 1.73. The number of ether oxygens (including phenoxy) is 1.